The lowest BCUT2D eigenvalue weighted by atomic mass is 9.87. The van der Waals surface area contributed by atoms with Crippen LogP contribution < -0.4 is 10.6 Å². The summed E-state index contributed by atoms with van der Waals surface area (Å²) in [6, 6.07) is 14.9. The number of rotatable bonds is 8. The highest BCUT2D eigenvalue weighted by Gasteiger charge is 2.15. The van der Waals surface area contributed by atoms with Crippen molar-refractivity contribution < 1.29 is 19.1 Å². The van der Waals surface area contributed by atoms with Crippen molar-refractivity contribution in [2.75, 3.05) is 11.9 Å². The second-order valence-corrected chi connectivity index (χ2v) is 9.89. The van der Waals surface area contributed by atoms with Crippen LogP contribution in [0.15, 0.2) is 53.9 Å². The van der Waals surface area contributed by atoms with Crippen LogP contribution in [0.25, 0.3) is 0 Å². The monoisotopic (exact) mass is 479 g/mol. The Labute approximate surface area is 203 Å². The third kappa shape index (κ3) is 7.25. The summed E-state index contributed by atoms with van der Waals surface area (Å²) in [7, 11) is 0. The van der Waals surface area contributed by atoms with Gasteiger partial charge in [-0.05, 0) is 41.7 Å². The van der Waals surface area contributed by atoms with E-state index in [4.69, 9.17) is 4.74 Å². The standard InChI is InChI=1S/C26H29N3O4S/c1-17-7-5-6-8-21(17)29-22(30)13-23-28-20(16-34-23)15-33-24(31)14-27-25(32)18-9-11-19(12-10-18)26(2,3)4/h5-12,16H,13-15H2,1-4H3,(H,27,32)(H,29,30). The number of benzene rings is 2. The molecule has 34 heavy (non-hydrogen) atoms. The van der Waals surface area contributed by atoms with E-state index in [1.807, 2.05) is 43.3 Å². The molecule has 8 heteroatoms. The third-order valence-corrected chi connectivity index (χ3v) is 6.02. The van der Waals surface area contributed by atoms with Gasteiger partial charge in [0.2, 0.25) is 5.91 Å². The summed E-state index contributed by atoms with van der Waals surface area (Å²) in [6.45, 7) is 7.97. The molecule has 2 N–H and O–H groups in total. The van der Waals surface area contributed by atoms with Crippen molar-refractivity contribution >= 4 is 34.8 Å². The highest BCUT2D eigenvalue weighted by Crippen LogP contribution is 2.22. The fourth-order valence-corrected chi connectivity index (χ4v) is 3.90. The van der Waals surface area contributed by atoms with E-state index in [2.05, 4.69) is 36.4 Å². The normalized spacial score (nSPS) is 11.1. The Balaban J connectivity index is 1.42. The minimum Gasteiger partial charge on any atom is -0.458 e. The summed E-state index contributed by atoms with van der Waals surface area (Å²) in [5.41, 5.74) is 3.91. The molecular formula is C26H29N3O4S. The maximum atomic E-state index is 12.3. The van der Waals surface area contributed by atoms with Gasteiger partial charge in [0.05, 0.1) is 12.1 Å². The molecule has 0 aliphatic heterocycles. The first-order valence-electron chi connectivity index (χ1n) is 10.9. The molecule has 1 aromatic heterocycles. The molecular weight excluding hydrogens is 450 g/mol. The van der Waals surface area contributed by atoms with Crippen molar-refractivity contribution in [3.63, 3.8) is 0 Å². The Morgan fingerprint density at radius 2 is 1.74 bits per heavy atom. The minimum atomic E-state index is -0.563. The van der Waals surface area contributed by atoms with Crippen LogP contribution in [0.1, 0.15) is 53.0 Å². The number of para-hydroxylation sites is 1. The predicted molar refractivity (Wildman–Crippen MR) is 133 cm³/mol. The van der Waals surface area contributed by atoms with Crippen LogP contribution in [-0.2, 0) is 32.8 Å². The number of aryl methyl sites for hydroxylation is 1. The van der Waals surface area contributed by atoms with Crippen LogP contribution in [0.4, 0.5) is 5.69 Å². The number of esters is 1. The largest absolute Gasteiger partial charge is 0.458 e. The smallest absolute Gasteiger partial charge is 0.325 e. The molecule has 3 rings (SSSR count). The zero-order chi connectivity index (χ0) is 24.7. The predicted octanol–water partition coefficient (Wildman–Crippen LogP) is 4.40. The van der Waals surface area contributed by atoms with E-state index in [-0.39, 0.29) is 36.8 Å². The van der Waals surface area contributed by atoms with Crippen LogP contribution in [-0.4, -0.2) is 29.3 Å². The van der Waals surface area contributed by atoms with E-state index < -0.39 is 5.97 Å². The molecule has 1 heterocycles. The first kappa shape index (κ1) is 25.1. The van der Waals surface area contributed by atoms with Crippen molar-refractivity contribution in [2.45, 2.75) is 46.1 Å². The molecule has 0 spiro atoms. The lowest BCUT2D eigenvalue weighted by molar-refractivity contribution is -0.143. The zero-order valence-corrected chi connectivity index (χ0v) is 20.6. The molecule has 0 atom stereocenters. The first-order valence-corrected chi connectivity index (χ1v) is 11.8. The number of nitrogens with zero attached hydrogens (tertiary/aromatic N) is 1. The van der Waals surface area contributed by atoms with E-state index in [1.54, 1.807) is 17.5 Å². The first-order chi connectivity index (χ1) is 16.1. The van der Waals surface area contributed by atoms with Gasteiger partial charge >= 0.3 is 5.97 Å². The second kappa shape index (κ2) is 11.1. The Bertz CT molecular complexity index is 1160. The van der Waals surface area contributed by atoms with Crippen LogP contribution in [0.5, 0.6) is 0 Å². The molecule has 0 unspecified atom stereocenters. The number of aromatic nitrogens is 1. The quantitative estimate of drug-likeness (QED) is 0.467. The molecule has 0 aliphatic rings. The third-order valence-electron chi connectivity index (χ3n) is 5.12. The Morgan fingerprint density at radius 1 is 1.03 bits per heavy atom. The summed E-state index contributed by atoms with van der Waals surface area (Å²) >= 11 is 1.33. The highest BCUT2D eigenvalue weighted by atomic mass is 32.1. The number of thiazole rings is 1. The van der Waals surface area contributed by atoms with E-state index >= 15 is 0 Å². The van der Waals surface area contributed by atoms with Crippen molar-refractivity contribution in [3.05, 3.63) is 81.3 Å². The van der Waals surface area contributed by atoms with Gasteiger partial charge in [0.1, 0.15) is 18.2 Å². The molecule has 7 nitrogen and oxygen atoms in total. The lowest BCUT2D eigenvalue weighted by Gasteiger charge is -2.19. The Morgan fingerprint density at radius 3 is 2.41 bits per heavy atom. The molecule has 0 aliphatic carbocycles. The van der Waals surface area contributed by atoms with Gasteiger partial charge in [0, 0.05) is 16.6 Å². The van der Waals surface area contributed by atoms with Crippen LogP contribution in [0.2, 0.25) is 0 Å². The van der Waals surface area contributed by atoms with Crippen LogP contribution in [0.3, 0.4) is 0 Å². The summed E-state index contributed by atoms with van der Waals surface area (Å²) in [4.78, 5) is 40.9. The van der Waals surface area contributed by atoms with Gasteiger partial charge in [0.25, 0.3) is 5.91 Å². The molecule has 0 bridgehead atoms. The molecule has 0 saturated carbocycles. The van der Waals surface area contributed by atoms with E-state index in [1.165, 1.54) is 11.3 Å². The average molecular weight is 480 g/mol. The molecule has 0 fully saturated rings. The molecule has 3 aromatic rings. The fraction of sp³-hybridized carbons (Fsp3) is 0.308. The molecule has 2 aromatic carbocycles. The molecule has 178 valence electrons. The van der Waals surface area contributed by atoms with Gasteiger partial charge < -0.3 is 15.4 Å². The number of carbonyl (C=O) groups is 3. The summed E-state index contributed by atoms with van der Waals surface area (Å²) in [6.07, 6.45) is 0.136. The van der Waals surface area contributed by atoms with E-state index in [0.717, 1.165) is 16.8 Å². The maximum absolute atomic E-state index is 12.3. The van der Waals surface area contributed by atoms with Crippen molar-refractivity contribution in [2.24, 2.45) is 0 Å². The summed E-state index contributed by atoms with van der Waals surface area (Å²) in [5.74, 6) is -1.06. The van der Waals surface area contributed by atoms with Gasteiger partial charge in [-0.2, -0.15) is 0 Å². The SMILES string of the molecule is Cc1ccccc1NC(=O)Cc1nc(COC(=O)CNC(=O)c2ccc(C(C)(C)C)cc2)cs1. The van der Waals surface area contributed by atoms with E-state index in [0.29, 0.717) is 16.3 Å². The average Bonchev–Trinajstić information content (AvgIpc) is 3.24. The highest BCUT2D eigenvalue weighted by molar-refractivity contribution is 7.09. The summed E-state index contributed by atoms with van der Waals surface area (Å²) in [5, 5.41) is 7.82. The fourth-order valence-electron chi connectivity index (χ4n) is 3.12. The second-order valence-electron chi connectivity index (χ2n) is 8.94. The van der Waals surface area contributed by atoms with Crippen molar-refractivity contribution in [3.8, 4) is 0 Å². The number of anilines is 1. The van der Waals surface area contributed by atoms with Gasteiger partial charge in [-0.25, -0.2) is 4.98 Å². The maximum Gasteiger partial charge on any atom is 0.325 e. The van der Waals surface area contributed by atoms with E-state index in [9.17, 15) is 14.4 Å². The number of ether oxygens (including phenoxy) is 1. The number of amides is 2. The van der Waals surface area contributed by atoms with Gasteiger partial charge in [-0.1, -0.05) is 51.1 Å². The number of hydrogen-bond donors (Lipinski definition) is 2. The van der Waals surface area contributed by atoms with Gasteiger partial charge in [-0.3, -0.25) is 14.4 Å². The Kier molecular flexibility index (Phi) is 8.17. The number of carbonyl (C=O) groups excluding carboxylic acids is 3. The minimum absolute atomic E-state index is 0.000890. The van der Waals surface area contributed by atoms with Gasteiger partial charge in [-0.15, -0.1) is 11.3 Å². The molecule has 0 saturated heterocycles. The summed E-state index contributed by atoms with van der Waals surface area (Å²) < 4.78 is 5.20. The van der Waals surface area contributed by atoms with Crippen molar-refractivity contribution in [1.82, 2.24) is 10.3 Å². The van der Waals surface area contributed by atoms with Crippen LogP contribution >= 0.6 is 11.3 Å². The van der Waals surface area contributed by atoms with Crippen molar-refractivity contribution in [1.29, 1.82) is 0 Å². The Hall–Kier alpha value is -3.52. The van der Waals surface area contributed by atoms with Gasteiger partial charge in [0.15, 0.2) is 0 Å². The topological polar surface area (TPSA) is 97.4 Å². The lowest BCUT2D eigenvalue weighted by Crippen LogP contribution is -2.30. The molecule has 0 radical (unpaired) electrons. The number of hydrogen-bond acceptors (Lipinski definition) is 6. The number of nitrogens with one attached hydrogen (secondary N) is 2. The zero-order valence-electron chi connectivity index (χ0n) is 19.8. The van der Waals surface area contributed by atoms with Crippen LogP contribution in [0, 0.1) is 6.92 Å². The molecule has 2 amide bonds.